The highest BCUT2D eigenvalue weighted by Gasteiger charge is 2.32. The molecule has 0 bridgehead atoms. The molecule has 0 aromatic heterocycles. The van der Waals surface area contributed by atoms with E-state index in [0.29, 0.717) is 13.0 Å². The van der Waals surface area contributed by atoms with Gasteiger partial charge < -0.3 is 10.5 Å². The molecule has 1 aliphatic carbocycles. The fourth-order valence-corrected chi connectivity index (χ4v) is 3.49. The van der Waals surface area contributed by atoms with E-state index in [-0.39, 0.29) is 24.4 Å². The maximum Gasteiger partial charge on any atom is 0.214 e. The second-order valence-electron chi connectivity index (χ2n) is 4.68. The lowest BCUT2D eigenvalue weighted by Crippen LogP contribution is -2.40. The maximum absolute atomic E-state index is 12.0. The lowest BCUT2D eigenvalue weighted by Gasteiger charge is -2.18. The van der Waals surface area contributed by atoms with E-state index < -0.39 is 10.0 Å². The summed E-state index contributed by atoms with van der Waals surface area (Å²) in [5.41, 5.74) is 8.13. The molecular formula is C13H20N2O3S. The first-order valence-corrected chi connectivity index (χ1v) is 8.10. The average molecular weight is 284 g/mol. The summed E-state index contributed by atoms with van der Waals surface area (Å²) in [6.07, 6.45) is 0.703. The molecule has 106 valence electrons. The van der Waals surface area contributed by atoms with Gasteiger partial charge >= 0.3 is 0 Å². The van der Waals surface area contributed by atoms with Crippen LogP contribution in [0.25, 0.3) is 0 Å². The number of fused-ring (bicyclic) bond motifs is 1. The Morgan fingerprint density at radius 2 is 2.16 bits per heavy atom. The van der Waals surface area contributed by atoms with Gasteiger partial charge in [0.25, 0.3) is 0 Å². The molecule has 1 aromatic carbocycles. The lowest BCUT2D eigenvalue weighted by molar-refractivity contribution is 0.163. The van der Waals surface area contributed by atoms with Crippen LogP contribution in [0.2, 0.25) is 0 Å². The minimum absolute atomic E-state index is 0.0355. The molecule has 1 aliphatic rings. The van der Waals surface area contributed by atoms with Gasteiger partial charge in [-0.1, -0.05) is 24.3 Å². The van der Waals surface area contributed by atoms with Crippen molar-refractivity contribution in [2.45, 2.75) is 25.4 Å². The van der Waals surface area contributed by atoms with Crippen LogP contribution < -0.4 is 10.5 Å². The van der Waals surface area contributed by atoms with E-state index in [1.54, 1.807) is 0 Å². The van der Waals surface area contributed by atoms with Crippen LogP contribution in [0, 0.1) is 0 Å². The minimum atomic E-state index is -3.37. The highest BCUT2D eigenvalue weighted by molar-refractivity contribution is 7.89. The van der Waals surface area contributed by atoms with Gasteiger partial charge in [-0.15, -0.1) is 0 Å². The summed E-state index contributed by atoms with van der Waals surface area (Å²) in [7, 11) is -3.37. The van der Waals surface area contributed by atoms with Gasteiger partial charge in [-0.25, -0.2) is 13.1 Å². The van der Waals surface area contributed by atoms with Crippen molar-refractivity contribution in [3.63, 3.8) is 0 Å². The molecule has 0 saturated carbocycles. The van der Waals surface area contributed by atoms with Crippen LogP contribution in [-0.4, -0.2) is 33.4 Å². The molecule has 0 radical (unpaired) electrons. The van der Waals surface area contributed by atoms with Crippen LogP contribution in [0.1, 0.15) is 24.1 Å². The molecule has 5 nitrogen and oxygen atoms in total. The van der Waals surface area contributed by atoms with E-state index in [4.69, 9.17) is 10.5 Å². The first kappa shape index (κ1) is 14.5. The number of benzene rings is 1. The van der Waals surface area contributed by atoms with Gasteiger partial charge in [0, 0.05) is 12.6 Å². The first-order chi connectivity index (χ1) is 9.03. The molecule has 2 atom stereocenters. The van der Waals surface area contributed by atoms with Crippen molar-refractivity contribution in [1.29, 1.82) is 0 Å². The largest absolute Gasteiger partial charge is 0.381 e. The highest BCUT2D eigenvalue weighted by Crippen LogP contribution is 2.30. The van der Waals surface area contributed by atoms with Gasteiger partial charge in [0.1, 0.15) is 0 Å². The van der Waals surface area contributed by atoms with Crippen LogP contribution in [0.4, 0.5) is 0 Å². The standard InChI is InChI=1S/C13H20N2O3S/c1-2-18-7-8-19(16,17)15-13-11-6-4-3-5-10(11)9-12(13)14/h3-6,12-13,15H,2,7-9,14H2,1H3. The van der Waals surface area contributed by atoms with E-state index >= 15 is 0 Å². The zero-order valence-corrected chi connectivity index (χ0v) is 11.8. The van der Waals surface area contributed by atoms with Gasteiger partial charge in [-0.2, -0.15) is 0 Å². The summed E-state index contributed by atoms with van der Waals surface area (Å²) in [4.78, 5) is 0. The van der Waals surface area contributed by atoms with E-state index in [1.165, 1.54) is 0 Å². The third kappa shape index (κ3) is 3.54. The number of nitrogens with two attached hydrogens (primary N) is 1. The van der Waals surface area contributed by atoms with Gasteiger partial charge in [0.05, 0.1) is 18.4 Å². The molecule has 19 heavy (non-hydrogen) atoms. The molecule has 0 saturated heterocycles. The summed E-state index contributed by atoms with van der Waals surface area (Å²) >= 11 is 0. The molecule has 0 spiro atoms. The molecule has 6 heteroatoms. The second kappa shape index (κ2) is 6.00. The Hall–Kier alpha value is -0.950. The Bertz CT molecular complexity index is 530. The van der Waals surface area contributed by atoms with Crippen molar-refractivity contribution in [3.05, 3.63) is 35.4 Å². The van der Waals surface area contributed by atoms with E-state index in [0.717, 1.165) is 11.1 Å². The summed E-state index contributed by atoms with van der Waals surface area (Å²) in [6, 6.07) is 7.22. The number of hydrogen-bond donors (Lipinski definition) is 2. The fraction of sp³-hybridized carbons (Fsp3) is 0.538. The average Bonchev–Trinajstić information content (AvgIpc) is 2.66. The Balaban J connectivity index is 2.07. The molecule has 3 N–H and O–H groups in total. The van der Waals surface area contributed by atoms with Crippen molar-refractivity contribution in [1.82, 2.24) is 4.72 Å². The molecular weight excluding hydrogens is 264 g/mol. The minimum Gasteiger partial charge on any atom is -0.381 e. The Morgan fingerprint density at radius 3 is 2.89 bits per heavy atom. The number of nitrogens with one attached hydrogen (secondary N) is 1. The predicted octanol–water partition coefficient (Wildman–Crippen LogP) is 0.567. The summed E-state index contributed by atoms with van der Waals surface area (Å²) in [5, 5.41) is 0. The van der Waals surface area contributed by atoms with Crippen LogP contribution in [0.3, 0.4) is 0 Å². The van der Waals surface area contributed by atoms with Gasteiger partial charge in [0.15, 0.2) is 0 Å². The first-order valence-electron chi connectivity index (χ1n) is 6.44. The second-order valence-corrected chi connectivity index (χ2v) is 6.55. The van der Waals surface area contributed by atoms with Gasteiger partial charge in [0.2, 0.25) is 10.0 Å². The van der Waals surface area contributed by atoms with Crippen LogP contribution in [-0.2, 0) is 21.2 Å². The Kier molecular flexibility index (Phi) is 4.57. The molecule has 2 rings (SSSR count). The third-order valence-electron chi connectivity index (χ3n) is 3.28. The zero-order valence-electron chi connectivity index (χ0n) is 11.0. The Morgan fingerprint density at radius 1 is 1.42 bits per heavy atom. The smallest absolute Gasteiger partial charge is 0.214 e. The number of rotatable bonds is 6. The molecule has 0 amide bonds. The summed E-state index contributed by atoms with van der Waals surface area (Å²) in [6.45, 7) is 2.56. The quantitative estimate of drug-likeness (QED) is 0.748. The third-order valence-corrected chi connectivity index (χ3v) is 4.60. The monoisotopic (exact) mass is 284 g/mol. The normalized spacial score (nSPS) is 22.4. The van der Waals surface area contributed by atoms with Crippen molar-refractivity contribution < 1.29 is 13.2 Å². The molecule has 2 unspecified atom stereocenters. The number of ether oxygens (including phenoxy) is 1. The van der Waals surface area contributed by atoms with E-state index in [9.17, 15) is 8.42 Å². The lowest BCUT2D eigenvalue weighted by atomic mass is 10.1. The van der Waals surface area contributed by atoms with Crippen molar-refractivity contribution in [2.24, 2.45) is 5.73 Å². The van der Waals surface area contributed by atoms with E-state index in [2.05, 4.69) is 4.72 Å². The van der Waals surface area contributed by atoms with Gasteiger partial charge in [-0.3, -0.25) is 0 Å². The number of hydrogen-bond acceptors (Lipinski definition) is 4. The molecule has 0 aliphatic heterocycles. The van der Waals surface area contributed by atoms with Crippen LogP contribution in [0.15, 0.2) is 24.3 Å². The molecule has 1 aromatic rings. The summed E-state index contributed by atoms with van der Waals surface area (Å²) < 4.78 is 31.7. The molecule has 0 fully saturated rings. The van der Waals surface area contributed by atoms with Crippen molar-refractivity contribution in [3.8, 4) is 0 Å². The number of sulfonamides is 1. The van der Waals surface area contributed by atoms with Gasteiger partial charge in [-0.05, 0) is 24.5 Å². The maximum atomic E-state index is 12.0. The highest BCUT2D eigenvalue weighted by atomic mass is 32.2. The summed E-state index contributed by atoms with van der Waals surface area (Å²) in [5.74, 6) is -0.0355. The van der Waals surface area contributed by atoms with Crippen molar-refractivity contribution >= 4 is 10.0 Å². The van der Waals surface area contributed by atoms with Crippen molar-refractivity contribution in [2.75, 3.05) is 19.0 Å². The fourth-order valence-electron chi connectivity index (χ4n) is 2.34. The predicted molar refractivity (Wildman–Crippen MR) is 74.3 cm³/mol. The topological polar surface area (TPSA) is 81.4 Å². The van der Waals surface area contributed by atoms with E-state index in [1.807, 2.05) is 31.2 Å². The molecule has 0 heterocycles. The zero-order chi connectivity index (χ0) is 13.9. The van der Waals surface area contributed by atoms with Crippen LogP contribution in [0.5, 0.6) is 0 Å². The SMILES string of the molecule is CCOCCS(=O)(=O)NC1c2ccccc2CC1N. The Labute approximate surface area is 114 Å². The van der Waals surface area contributed by atoms with Crippen LogP contribution >= 0.6 is 0 Å².